The molecule has 0 amide bonds. The maximum Gasteiger partial charge on any atom is 0.138 e. The SMILES string of the molecule is Cc1ccc(-c2ccnc3[nH]c(-c4n[nH]c5cnc(-c6cnc(C)n6C)cc45)cc23)s1. The Labute approximate surface area is 181 Å². The molecule has 0 aromatic carbocycles. The number of aromatic amines is 2. The number of fused-ring (bicyclic) bond motifs is 2. The topological polar surface area (TPSA) is 88.1 Å². The van der Waals surface area contributed by atoms with Crippen LogP contribution in [0, 0.1) is 13.8 Å². The molecule has 0 saturated carbocycles. The number of hydrogen-bond acceptors (Lipinski definition) is 5. The second-order valence-corrected chi connectivity index (χ2v) is 8.94. The first kappa shape index (κ1) is 18.0. The van der Waals surface area contributed by atoms with E-state index in [9.17, 15) is 0 Å². The number of nitrogens with zero attached hydrogens (tertiary/aromatic N) is 5. The quantitative estimate of drug-likeness (QED) is 0.405. The summed E-state index contributed by atoms with van der Waals surface area (Å²) in [5.74, 6) is 0.947. The zero-order valence-corrected chi connectivity index (χ0v) is 18.1. The lowest BCUT2D eigenvalue weighted by Crippen LogP contribution is -1.95. The summed E-state index contributed by atoms with van der Waals surface area (Å²) in [5.41, 5.74) is 6.53. The van der Waals surface area contributed by atoms with Crippen LogP contribution in [-0.4, -0.2) is 34.7 Å². The summed E-state index contributed by atoms with van der Waals surface area (Å²) in [5, 5.41) is 9.79. The molecule has 8 heteroatoms. The van der Waals surface area contributed by atoms with E-state index in [2.05, 4.69) is 67.4 Å². The molecule has 7 nitrogen and oxygen atoms in total. The minimum absolute atomic E-state index is 0.851. The molecule has 0 unspecified atom stereocenters. The van der Waals surface area contributed by atoms with Gasteiger partial charge in [0.25, 0.3) is 0 Å². The number of H-pyrrole nitrogens is 2. The fourth-order valence-corrected chi connectivity index (χ4v) is 4.86. The van der Waals surface area contributed by atoms with Gasteiger partial charge in [-0.2, -0.15) is 5.10 Å². The van der Waals surface area contributed by atoms with E-state index >= 15 is 0 Å². The van der Waals surface area contributed by atoms with Gasteiger partial charge >= 0.3 is 0 Å². The molecule has 0 aliphatic rings. The Morgan fingerprint density at radius 2 is 1.87 bits per heavy atom. The molecule has 6 aromatic heterocycles. The van der Waals surface area contributed by atoms with Crippen molar-refractivity contribution in [1.29, 1.82) is 0 Å². The van der Waals surface area contributed by atoms with Gasteiger partial charge in [0.05, 0.1) is 35.0 Å². The van der Waals surface area contributed by atoms with Crippen molar-refractivity contribution >= 4 is 33.3 Å². The second-order valence-electron chi connectivity index (χ2n) is 7.65. The number of hydrogen-bond donors (Lipinski definition) is 2. The Bertz CT molecular complexity index is 1580. The van der Waals surface area contributed by atoms with Crippen LogP contribution in [0.5, 0.6) is 0 Å². The second kappa shape index (κ2) is 6.61. The van der Waals surface area contributed by atoms with E-state index in [1.807, 2.05) is 37.1 Å². The predicted molar refractivity (Wildman–Crippen MR) is 124 cm³/mol. The van der Waals surface area contributed by atoms with Crippen molar-refractivity contribution in [2.45, 2.75) is 13.8 Å². The highest BCUT2D eigenvalue weighted by molar-refractivity contribution is 7.15. The number of aromatic nitrogens is 7. The van der Waals surface area contributed by atoms with Gasteiger partial charge in [-0.05, 0) is 44.2 Å². The third-order valence-corrected chi connectivity index (χ3v) is 6.76. The molecule has 0 fully saturated rings. The maximum absolute atomic E-state index is 4.60. The van der Waals surface area contributed by atoms with E-state index in [1.54, 1.807) is 11.3 Å². The molecule has 6 aromatic rings. The summed E-state index contributed by atoms with van der Waals surface area (Å²) in [6.07, 6.45) is 5.53. The zero-order chi connectivity index (χ0) is 21.1. The van der Waals surface area contributed by atoms with Crippen LogP contribution in [0.15, 0.2) is 48.9 Å². The Balaban J connectivity index is 1.52. The first-order valence-electron chi connectivity index (χ1n) is 9.96. The van der Waals surface area contributed by atoms with Gasteiger partial charge < -0.3 is 9.55 Å². The van der Waals surface area contributed by atoms with Crippen molar-refractivity contribution < 1.29 is 0 Å². The van der Waals surface area contributed by atoms with Crippen LogP contribution < -0.4 is 0 Å². The van der Waals surface area contributed by atoms with Crippen molar-refractivity contribution in [3.63, 3.8) is 0 Å². The molecule has 0 aliphatic carbocycles. The molecular formula is C23H19N7S. The van der Waals surface area contributed by atoms with E-state index < -0.39 is 0 Å². The lowest BCUT2D eigenvalue weighted by molar-refractivity contribution is 0.862. The third-order valence-electron chi connectivity index (χ3n) is 5.72. The zero-order valence-electron chi connectivity index (χ0n) is 17.3. The molecule has 2 N–H and O–H groups in total. The Morgan fingerprint density at radius 1 is 0.968 bits per heavy atom. The summed E-state index contributed by atoms with van der Waals surface area (Å²) < 4.78 is 2.04. The number of aryl methyl sites for hydroxylation is 2. The lowest BCUT2D eigenvalue weighted by Gasteiger charge is -2.03. The molecular weight excluding hydrogens is 406 g/mol. The van der Waals surface area contributed by atoms with Gasteiger partial charge in [-0.15, -0.1) is 11.3 Å². The summed E-state index contributed by atoms with van der Waals surface area (Å²) in [6, 6.07) is 10.6. The first-order chi connectivity index (χ1) is 15.1. The Morgan fingerprint density at radius 3 is 2.65 bits per heavy atom. The molecule has 0 atom stereocenters. The maximum atomic E-state index is 4.60. The van der Waals surface area contributed by atoms with Gasteiger partial charge in [-0.25, -0.2) is 9.97 Å². The summed E-state index contributed by atoms with van der Waals surface area (Å²) >= 11 is 1.79. The minimum atomic E-state index is 0.851. The fourth-order valence-electron chi connectivity index (χ4n) is 3.95. The molecule has 152 valence electrons. The van der Waals surface area contributed by atoms with Gasteiger partial charge in [-0.1, -0.05) is 0 Å². The van der Waals surface area contributed by atoms with Crippen molar-refractivity contribution in [3.05, 3.63) is 59.6 Å². The van der Waals surface area contributed by atoms with E-state index in [4.69, 9.17) is 0 Å². The average Bonchev–Trinajstić information content (AvgIpc) is 3.54. The molecule has 6 heterocycles. The Kier molecular flexibility index (Phi) is 3.85. The molecule has 0 saturated heterocycles. The van der Waals surface area contributed by atoms with Gasteiger partial charge in [0, 0.05) is 39.3 Å². The highest BCUT2D eigenvalue weighted by Crippen LogP contribution is 2.36. The number of rotatable bonds is 3. The van der Waals surface area contributed by atoms with E-state index in [0.717, 1.165) is 50.5 Å². The van der Waals surface area contributed by atoms with E-state index in [0.29, 0.717) is 0 Å². The largest absolute Gasteiger partial charge is 0.338 e. The van der Waals surface area contributed by atoms with Crippen molar-refractivity contribution in [2.24, 2.45) is 7.05 Å². The van der Waals surface area contributed by atoms with Crippen molar-refractivity contribution in [2.75, 3.05) is 0 Å². The third kappa shape index (κ3) is 2.79. The number of pyridine rings is 2. The lowest BCUT2D eigenvalue weighted by atomic mass is 10.1. The van der Waals surface area contributed by atoms with Crippen LogP contribution in [0.4, 0.5) is 0 Å². The number of nitrogens with one attached hydrogen (secondary N) is 2. The Hall–Kier alpha value is -3.78. The summed E-state index contributed by atoms with van der Waals surface area (Å²) in [6.45, 7) is 4.11. The van der Waals surface area contributed by atoms with Gasteiger partial charge in [0.1, 0.15) is 17.2 Å². The average molecular weight is 426 g/mol. The van der Waals surface area contributed by atoms with Gasteiger partial charge in [0.15, 0.2) is 0 Å². The smallest absolute Gasteiger partial charge is 0.138 e. The minimum Gasteiger partial charge on any atom is -0.338 e. The van der Waals surface area contributed by atoms with Crippen molar-refractivity contribution in [1.82, 2.24) is 34.7 Å². The highest BCUT2D eigenvalue weighted by atomic mass is 32.1. The molecule has 0 aliphatic heterocycles. The van der Waals surface area contributed by atoms with Crippen LogP contribution in [0.3, 0.4) is 0 Å². The predicted octanol–water partition coefficient (Wildman–Crippen LogP) is 5.25. The van der Waals surface area contributed by atoms with Crippen LogP contribution >= 0.6 is 11.3 Å². The van der Waals surface area contributed by atoms with E-state index in [1.165, 1.54) is 15.3 Å². The first-order valence-corrected chi connectivity index (χ1v) is 10.8. The summed E-state index contributed by atoms with van der Waals surface area (Å²) in [7, 11) is 2.00. The molecule has 6 rings (SSSR count). The standard InChI is InChI=1S/C23H19N7S/c1-12-4-5-21(31-12)14-6-7-24-23-15(14)8-18(27-23)22-16-9-17(26-10-19(16)28-29-22)20-11-25-13(2)30(20)3/h4-11H,1-3H3,(H,24,27)(H,28,29). The van der Waals surface area contributed by atoms with Crippen LogP contribution in [-0.2, 0) is 7.05 Å². The highest BCUT2D eigenvalue weighted by Gasteiger charge is 2.16. The van der Waals surface area contributed by atoms with Gasteiger partial charge in [-0.3, -0.25) is 10.1 Å². The number of thiophene rings is 1. The van der Waals surface area contributed by atoms with Crippen LogP contribution in [0.25, 0.3) is 55.2 Å². The monoisotopic (exact) mass is 425 g/mol. The molecule has 0 spiro atoms. The number of imidazole rings is 1. The molecule has 0 bridgehead atoms. The summed E-state index contributed by atoms with van der Waals surface area (Å²) in [4.78, 5) is 19.5. The van der Waals surface area contributed by atoms with Gasteiger partial charge in [0.2, 0.25) is 0 Å². The normalized spacial score (nSPS) is 11.7. The van der Waals surface area contributed by atoms with Crippen molar-refractivity contribution in [3.8, 4) is 33.2 Å². The fraction of sp³-hybridized carbons (Fsp3) is 0.130. The van der Waals surface area contributed by atoms with Crippen LogP contribution in [0.2, 0.25) is 0 Å². The van der Waals surface area contributed by atoms with Crippen LogP contribution in [0.1, 0.15) is 10.7 Å². The van der Waals surface area contributed by atoms with E-state index in [-0.39, 0.29) is 0 Å². The molecule has 0 radical (unpaired) electrons. The molecule has 31 heavy (non-hydrogen) atoms.